The number of nitrogens with one attached hydrogen (secondary N) is 3. The van der Waals surface area contributed by atoms with Crippen LogP contribution in [0.15, 0.2) is 24.3 Å². The van der Waals surface area contributed by atoms with E-state index in [1.165, 1.54) is 12.8 Å². The third kappa shape index (κ3) is 2.48. The summed E-state index contributed by atoms with van der Waals surface area (Å²) in [6.45, 7) is 2.15. The summed E-state index contributed by atoms with van der Waals surface area (Å²) < 4.78 is 0. The SMILES string of the molecule is c1cc(NC2CCCNC2)cc(-c2nn[nH]n2)c1. The number of benzene rings is 1. The van der Waals surface area contributed by atoms with E-state index in [9.17, 15) is 0 Å². The van der Waals surface area contributed by atoms with Crippen molar-refractivity contribution in [1.29, 1.82) is 0 Å². The molecule has 0 saturated carbocycles. The highest BCUT2D eigenvalue weighted by Crippen LogP contribution is 2.19. The first-order valence-corrected chi connectivity index (χ1v) is 6.23. The Morgan fingerprint density at radius 1 is 1.33 bits per heavy atom. The number of aromatic amines is 1. The number of hydrogen-bond donors (Lipinski definition) is 3. The molecule has 1 fully saturated rings. The van der Waals surface area contributed by atoms with Crippen LogP contribution in [0.3, 0.4) is 0 Å². The van der Waals surface area contributed by atoms with E-state index in [2.05, 4.69) is 43.4 Å². The lowest BCUT2D eigenvalue weighted by Gasteiger charge is -2.24. The van der Waals surface area contributed by atoms with Crippen LogP contribution >= 0.6 is 0 Å². The van der Waals surface area contributed by atoms with E-state index in [0.717, 1.165) is 24.3 Å². The summed E-state index contributed by atoms with van der Waals surface area (Å²) in [4.78, 5) is 0. The minimum absolute atomic E-state index is 0.499. The standard InChI is InChI=1S/C12H16N6/c1-3-9(12-15-17-18-16-12)7-10(4-1)14-11-5-2-6-13-8-11/h1,3-4,7,11,13-14H,2,5-6,8H2,(H,15,16,17,18). The van der Waals surface area contributed by atoms with Crippen LogP contribution in [-0.2, 0) is 0 Å². The molecule has 3 rings (SSSR count). The Labute approximate surface area is 105 Å². The largest absolute Gasteiger partial charge is 0.381 e. The van der Waals surface area contributed by atoms with Gasteiger partial charge in [-0.2, -0.15) is 5.21 Å². The molecule has 6 heteroatoms. The Balaban J connectivity index is 1.74. The summed E-state index contributed by atoms with van der Waals surface area (Å²) in [5, 5.41) is 20.9. The molecule has 1 unspecified atom stereocenters. The Hall–Kier alpha value is -1.95. The Kier molecular flexibility index (Phi) is 3.18. The van der Waals surface area contributed by atoms with E-state index in [0.29, 0.717) is 11.9 Å². The molecule has 0 amide bonds. The van der Waals surface area contributed by atoms with Crippen LogP contribution in [0.25, 0.3) is 11.4 Å². The van der Waals surface area contributed by atoms with Crippen molar-refractivity contribution in [3.05, 3.63) is 24.3 Å². The summed E-state index contributed by atoms with van der Waals surface area (Å²) in [5.41, 5.74) is 2.07. The van der Waals surface area contributed by atoms with Gasteiger partial charge in [0.05, 0.1) is 0 Å². The summed E-state index contributed by atoms with van der Waals surface area (Å²) in [6, 6.07) is 8.61. The molecule has 0 spiro atoms. The van der Waals surface area contributed by atoms with Crippen molar-refractivity contribution in [2.24, 2.45) is 0 Å². The van der Waals surface area contributed by atoms with Gasteiger partial charge in [-0.05, 0) is 36.7 Å². The molecule has 1 aliphatic rings. The van der Waals surface area contributed by atoms with Gasteiger partial charge in [-0.15, -0.1) is 10.2 Å². The van der Waals surface area contributed by atoms with E-state index < -0.39 is 0 Å². The van der Waals surface area contributed by atoms with Crippen molar-refractivity contribution < 1.29 is 0 Å². The highest BCUT2D eigenvalue weighted by atomic mass is 15.5. The van der Waals surface area contributed by atoms with Gasteiger partial charge in [0.1, 0.15) is 0 Å². The van der Waals surface area contributed by atoms with Gasteiger partial charge in [0, 0.05) is 23.8 Å². The summed E-state index contributed by atoms with van der Waals surface area (Å²) in [5.74, 6) is 0.625. The molecule has 1 aliphatic heterocycles. The molecule has 18 heavy (non-hydrogen) atoms. The fraction of sp³-hybridized carbons (Fsp3) is 0.417. The monoisotopic (exact) mass is 244 g/mol. The number of nitrogens with zero attached hydrogens (tertiary/aromatic N) is 3. The first-order chi connectivity index (χ1) is 8.92. The average molecular weight is 244 g/mol. The number of aromatic nitrogens is 4. The van der Waals surface area contributed by atoms with Gasteiger partial charge >= 0.3 is 0 Å². The number of anilines is 1. The summed E-state index contributed by atoms with van der Waals surface area (Å²) in [7, 11) is 0. The number of tetrazole rings is 1. The molecule has 1 aromatic carbocycles. The van der Waals surface area contributed by atoms with Crippen molar-refractivity contribution >= 4 is 5.69 Å². The van der Waals surface area contributed by atoms with Crippen molar-refractivity contribution in [3.8, 4) is 11.4 Å². The van der Waals surface area contributed by atoms with Crippen LogP contribution in [-0.4, -0.2) is 39.8 Å². The zero-order valence-corrected chi connectivity index (χ0v) is 10.1. The normalized spacial score (nSPS) is 19.7. The first kappa shape index (κ1) is 11.2. The number of H-pyrrole nitrogens is 1. The second-order valence-corrected chi connectivity index (χ2v) is 4.50. The van der Waals surface area contributed by atoms with Gasteiger partial charge in [0.25, 0.3) is 0 Å². The maximum absolute atomic E-state index is 3.99. The van der Waals surface area contributed by atoms with E-state index in [1.807, 2.05) is 12.1 Å². The number of piperidine rings is 1. The molecule has 94 valence electrons. The van der Waals surface area contributed by atoms with Crippen molar-refractivity contribution in [2.45, 2.75) is 18.9 Å². The lowest BCUT2D eigenvalue weighted by atomic mass is 10.1. The second kappa shape index (κ2) is 5.14. The van der Waals surface area contributed by atoms with Crippen LogP contribution in [0, 0.1) is 0 Å². The lowest BCUT2D eigenvalue weighted by molar-refractivity contribution is 0.480. The Morgan fingerprint density at radius 2 is 2.33 bits per heavy atom. The van der Waals surface area contributed by atoms with Gasteiger partial charge < -0.3 is 10.6 Å². The molecule has 0 aliphatic carbocycles. The smallest absolute Gasteiger partial charge is 0.204 e. The zero-order valence-electron chi connectivity index (χ0n) is 10.1. The van der Waals surface area contributed by atoms with Crippen LogP contribution in [0.4, 0.5) is 5.69 Å². The molecule has 2 aromatic rings. The zero-order chi connectivity index (χ0) is 12.2. The van der Waals surface area contributed by atoms with Crippen LogP contribution in [0.5, 0.6) is 0 Å². The van der Waals surface area contributed by atoms with Crippen molar-refractivity contribution in [1.82, 2.24) is 25.9 Å². The molecule has 6 nitrogen and oxygen atoms in total. The summed E-state index contributed by atoms with van der Waals surface area (Å²) >= 11 is 0. The quantitative estimate of drug-likeness (QED) is 0.751. The summed E-state index contributed by atoms with van der Waals surface area (Å²) in [6.07, 6.45) is 2.43. The van der Waals surface area contributed by atoms with E-state index in [4.69, 9.17) is 0 Å². The maximum Gasteiger partial charge on any atom is 0.204 e. The fourth-order valence-electron chi connectivity index (χ4n) is 2.24. The van der Waals surface area contributed by atoms with Gasteiger partial charge in [0.15, 0.2) is 0 Å². The number of hydrogen-bond acceptors (Lipinski definition) is 5. The minimum atomic E-state index is 0.499. The molecular formula is C12H16N6. The topological polar surface area (TPSA) is 78.5 Å². The first-order valence-electron chi connectivity index (χ1n) is 6.23. The molecule has 2 heterocycles. The molecular weight excluding hydrogens is 228 g/mol. The average Bonchev–Trinajstić information content (AvgIpc) is 2.94. The molecule has 1 aromatic heterocycles. The van der Waals surface area contributed by atoms with Crippen LogP contribution < -0.4 is 10.6 Å². The minimum Gasteiger partial charge on any atom is -0.381 e. The van der Waals surface area contributed by atoms with Crippen molar-refractivity contribution in [2.75, 3.05) is 18.4 Å². The lowest BCUT2D eigenvalue weighted by Crippen LogP contribution is -2.38. The molecule has 3 N–H and O–H groups in total. The molecule has 0 bridgehead atoms. The second-order valence-electron chi connectivity index (χ2n) is 4.50. The third-order valence-electron chi connectivity index (χ3n) is 3.13. The fourth-order valence-corrected chi connectivity index (χ4v) is 2.24. The number of rotatable bonds is 3. The Bertz CT molecular complexity index is 489. The van der Waals surface area contributed by atoms with Gasteiger partial charge in [0.2, 0.25) is 5.82 Å². The Morgan fingerprint density at radius 3 is 3.11 bits per heavy atom. The maximum atomic E-state index is 3.99. The van der Waals surface area contributed by atoms with E-state index in [1.54, 1.807) is 0 Å². The highest BCUT2D eigenvalue weighted by Gasteiger charge is 2.12. The molecule has 1 atom stereocenters. The predicted octanol–water partition coefficient (Wildman–Crippen LogP) is 1.03. The van der Waals surface area contributed by atoms with Crippen LogP contribution in [0.2, 0.25) is 0 Å². The van der Waals surface area contributed by atoms with E-state index in [-0.39, 0.29) is 0 Å². The third-order valence-corrected chi connectivity index (χ3v) is 3.13. The van der Waals surface area contributed by atoms with E-state index >= 15 is 0 Å². The highest BCUT2D eigenvalue weighted by molar-refractivity contribution is 5.61. The van der Waals surface area contributed by atoms with Gasteiger partial charge in [-0.1, -0.05) is 12.1 Å². The van der Waals surface area contributed by atoms with Crippen LogP contribution in [0.1, 0.15) is 12.8 Å². The van der Waals surface area contributed by atoms with Gasteiger partial charge in [-0.25, -0.2) is 0 Å². The van der Waals surface area contributed by atoms with Gasteiger partial charge in [-0.3, -0.25) is 0 Å². The predicted molar refractivity (Wildman–Crippen MR) is 69.1 cm³/mol. The molecule has 0 radical (unpaired) electrons. The van der Waals surface area contributed by atoms with Crippen molar-refractivity contribution in [3.63, 3.8) is 0 Å². The molecule has 1 saturated heterocycles.